The summed E-state index contributed by atoms with van der Waals surface area (Å²) in [5, 5.41) is 2.28. The highest BCUT2D eigenvalue weighted by Gasteiger charge is 2.35. The highest BCUT2D eigenvalue weighted by Crippen LogP contribution is 2.26. The van der Waals surface area contributed by atoms with Crippen molar-refractivity contribution in [3.63, 3.8) is 0 Å². The Bertz CT molecular complexity index is 741. The Labute approximate surface area is 136 Å². The first-order chi connectivity index (χ1) is 11.1. The fraction of sp³-hybridized carbons (Fsp3) is 0.368. The fourth-order valence-electron chi connectivity index (χ4n) is 3.27. The molecular weight excluding hydrogens is 288 g/mol. The zero-order chi connectivity index (χ0) is 16.4. The largest absolute Gasteiger partial charge is 0.342 e. The number of rotatable bonds is 4. The highest BCUT2D eigenvalue weighted by atomic mass is 16.2. The summed E-state index contributed by atoms with van der Waals surface area (Å²) in [5.41, 5.74) is 0.901. The van der Waals surface area contributed by atoms with Gasteiger partial charge in [0.25, 0.3) is 0 Å². The van der Waals surface area contributed by atoms with Gasteiger partial charge in [0.15, 0.2) is 0 Å². The predicted molar refractivity (Wildman–Crippen MR) is 92.3 cm³/mol. The van der Waals surface area contributed by atoms with Gasteiger partial charge in [0.1, 0.15) is 0 Å². The normalized spacial score (nSPS) is 17.7. The molecule has 4 heteroatoms. The van der Waals surface area contributed by atoms with E-state index in [2.05, 4.69) is 12.1 Å². The number of likely N-dealkylation sites (tertiary alicyclic amines) is 1. The van der Waals surface area contributed by atoms with Crippen LogP contribution in [0.5, 0.6) is 0 Å². The summed E-state index contributed by atoms with van der Waals surface area (Å²) in [6.45, 7) is 5.74. The highest BCUT2D eigenvalue weighted by molar-refractivity contribution is 6.00. The molecular formula is C19H22N2O2. The van der Waals surface area contributed by atoms with Crippen molar-refractivity contribution < 1.29 is 9.59 Å². The Morgan fingerprint density at radius 1 is 1.17 bits per heavy atom. The van der Waals surface area contributed by atoms with Crippen molar-refractivity contribution in [2.24, 2.45) is 5.92 Å². The standard InChI is InChI=1S/C19H22N2O2/c1-3-20-13-16(12-18(20)22)19(23)21(4-2)17-10-9-14-7-5-6-8-15(14)11-17/h5-11,16H,3-4,12-13H2,1-2H3. The Morgan fingerprint density at radius 3 is 2.57 bits per heavy atom. The van der Waals surface area contributed by atoms with E-state index in [1.807, 2.05) is 44.2 Å². The van der Waals surface area contributed by atoms with E-state index in [4.69, 9.17) is 0 Å². The van der Waals surface area contributed by atoms with E-state index in [0.717, 1.165) is 16.5 Å². The van der Waals surface area contributed by atoms with Gasteiger partial charge in [-0.25, -0.2) is 0 Å². The van der Waals surface area contributed by atoms with Crippen molar-refractivity contribution in [1.29, 1.82) is 0 Å². The molecule has 2 aromatic rings. The zero-order valence-electron chi connectivity index (χ0n) is 13.7. The van der Waals surface area contributed by atoms with E-state index in [-0.39, 0.29) is 17.7 Å². The fourth-order valence-corrected chi connectivity index (χ4v) is 3.27. The van der Waals surface area contributed by atoms with E-state index in [1.54, 1.807) is 9.80 Å². The lowest BCUT2D eigenvalue weighted by Gasteiger charge is -2.24. The smallest absolute Gasteiger partial charge is 0.232 e. The molecule has 120 valence electrons. The van der Waals surface area contributed by atoms with Gasteiger partial charge >= 0.3 is 0 Å². The third kappa shape index (κ3) is 2.93. The molecule has 1 fully saturated rings. The van der Waals surface area contributed by atoms with Crippen LogP contribution in [-0.4, -0.2) is 36.3 Å². The molecule has 0 spiro atoms. The second-order valence-electron chi connectivity index (χ2n) is 5.95. The second-order valence-corrected chi connectivity index (χ2v) is 5.95. The maximum absolute atomic E-state index is 12.9. The number of carbonyl (C=O) groups excluding carboxylic acids is 2. The van der Waals surface area contributed by atoms with Gasteiger partial charge in [-0.2, -0.15) is 0 Å². The molecule has 1 atom stereocenters. The van der Waals surface area contributed by atoms with Crippen LogP contribution in [0.4, 0.5) is 5.69 Å². The lowest BCUT2D eigenvalue weighted by atomic mass is 10.1. The van der Waals surface area contributed by atoms with Crippen molar-refractivity contribution in [1.82, 2.24) is 4.90 Å². The maximum atomic E-state index is 12.9. The second kappa shape index (κ2) is 6.41. The summed E-state index contributed by atoms with van der Waals surface area (Å²) in [6, 6.07) is 14.2. The molecule has 1 aliphatic rings. The van der Waals surface area contributed by atoms with Gasteiger partial charge < -0.3 is 9.80 Å². The lowest BCUT2D eigenvalue weighted by molar-refractivity contribution is -0.128. The zero-order valence-corrected chi connectivity index (χ0v) is 13.7. The molecule has 1 aliphatic heterocycles. The Balaban J connectivity index is 1.86. The SMILES string of the molecule is CCN1CC(C(=O)N(CC)c2ccc3ccccc3c2)CC1=O. The van der Waals surface area contributed by atoms with Crippen LogP contribution in [0.2, 0.25) is 0 Å². The molecule has 1 heterocycles. The minimum absolute atomic E-state index is 0.0482. The molecule has 0 aromatic heterocycles. The molecule has 0 N–H and O–H groups in total. The molecule has 1 saturated heterocycles. The molecule has 23 heavy (non-hydrogen) atoms. The van der Waals surface area contributed by atoms with Gasteiger partial charge in [0.05, 0.1) is 5.92 Å². The van der Waals surface area contributed by atoms with Gasteiger partial charge in [-0.3, -0.25) is 9.59 Å². The third-order valence-corrected chi connectivity index (χ3v) is 4.57. The van der Waals surface area contributed by atoms with Crippen molar-refractivity contribution in [2.45, 2.75) is 20.3 Å². The van der Waals surface area contributed by atoms with E-state index < -0.39 is 0 Å². The van der Waals surface area contributed by atoms with Gasteiger partial charge in [-0.15, -0.1) is 0 Å². The summed E-state index contributed by atoms with van der Waals surface area (Å²) in [7, 11) is 0. The molecule has 1 unspecified atom stereocenters. The van der Waals surface area contributed by atoms with Gasteiger partial charge in [0, 0.05) is 31.7 Å². The quantitative estimate of drug-likeness (QED) is 0.871. The Hall–Kier alpha value is -2.36. The molecule has 0 saturated carbocycles. The van der Waals surface area contributed by atoms with Crippen LogP contribution in [0, 0.1) is 5.92 Å². The molecule has 0 radical (unpaired) electrons. The number of nitrogens with zero attached hydrogens (tertiary/aromatic N) is 2. The topological polar surface area (TPSA) is 40.6 Å². The predicted octanol–water partition coefficient (Wildman–Crippen LogP) is 3.06. The summed E-state index contributed by atoms with van der Waals surface area (Å²) < 4.78 is 0. The van der Waals surface area contributed by atoms with Crippen molar-refractivity contribution in [2.75, 3.05) is 24.5 Å². The first-order valence-electron chi connectivity index (χ1n) is 8.22. The van der Waals surface area contributed by atoms with E-state index in [9.17, 15) is 9.59 Å². The number of fused-ring (bicyclic) bond motifs is 1. The monoisotopic (exact) mass is 310 g/mol. The van der Waals surface area contributed by atoms with Crippen LogP contribution in [0.3, 0.4) is 0 Å². The van der Waals surface area contributed by atoms with E-state index >= 15 is 0 Å². The number of hydrogen-bond donors (Lipinski definition) is 0. The Morgan fingerprint density at radius 2 is 1.91 bits per heavy atom. The Kier molecular flexibility index (Phi) is 4.33. The number of carbonyl (C=O) groups is 2. The minimum Gasteiger partial charge on any atom is -0.342 e. The van der Waals surface area contributed by atoms with Crippen molar-refractivity contribution in [3.8, 4) is 0 Å². The van der Waals surface area contributed by atoms with Gasteiger partial charge in [0.2, 0.25) is 11.8 Å². The molecule has 0 bridgehead atoms. The lowest BCUT2D eigenvalue weighted by Crippen LogP contribution is -2.37. The molecule has 2 aromatic carbocycles. The number of hydrogen-bond acceptors (Lipinski definition) is 2. The molecule has 2 amide bonds. The van der Waals surface area contributed by atoms with Crippen LogP contribution in [0.25, 0.3) is 10.8 Å². The molecule has 3 rings (SSSR count). The average Bonchev–Trinajstić information content (AvgIpc) is 2.96. The van der Waals surface area contributed by atoms with Crippen molar-refractivity contribution in [3.05, 3.63) is 42.5 Å². The van der Waals surface area contributed by atoms with Crippen LogP contribution in [0.1, 0.15) is 20.3 Å². The summed E-state index contributed by atoms with van der Waals surface area (Å²) in [5.74, 6) is -0.0960. The maximum Gasteiger partial charge on any atom is 0.232 e. The number of amides is 2. The summed E-state index contributed by atoms with van der Waals surface area (Å²) in [4.78, 5) is 28.3. The first kappa shape index (κ1) is 15.5. The third-order valence-electron chi connectivity index (χ3n) is 4.57. The van der Waals surface area contributed by atoms with E-state index in [1.165, 1.54) is 0 Å². The molecule has 4 nitrogen and oxygen atoms in total. The average molecular weight is 310 g/mol. The van der Waals surface area contributed by atoms with Crippen LogP contribution < -0.4 is 4.90 Å². The summed E-state index contributed by atoms with van der Waals surface area (Å²) >= 11 is 0. The van der Waals surface area contributed by atoms with Crippen LogP contribution in [0.15, 0.2) is 42.5 Å². The number of anilines is 1. The number of benzene rings is 2. The van der Waals surface area contributed by atoms with Crippen LogP contribution >= 0.6 is 0 Å². The van der Waals surface area contributed by atoms with Gasteiger partial charge in [-0.05, 0) is 36.8 Å². The minimum atomic E-state index is -0.228. The van der Waals surface area contributed by atoms with Gasteiger partial charge in [-0.1, -0.05) is 30.3 Å². The first-order valence-corrected chi connectivity index (χ1v) is 8.22. The van der Waals surface area contributed by atoms with Crippen molar-refractivity contribution >= 4 is 28.3 Å². The molecule has 0 aliphatic carbocycles. The summed E-state index contributed by atoms with van der Waals surface area (Å²) in [6.07, 6.45) is 0.330. The van der Waals surface area contributed by atoms with Crippen LogP contribution in [-0.2, 0) is 9.59 Å². The van der Waals surface area contributed by atoms with E-state index in [0.29, 0.717) is 26.1 Å².